The fourth-order valence-corrected chi connectivity index (χ4v) is 3.15. The molecule has 1 aromatic heterocycles. The number of nitrogens with one attached hydrogen (secondary N) is 1. The van der Waals surface area contributed by atoms with E-state index >= 15 is 0 Å². The maximum Gasteiger partial charge on any atom is 0.0873 e. The standard InChI is InChI=1S/C15H24N2O/c1-4-17-14(13-11-16-10-7-12(13)2)15(18-3)8-5-6-9-15/h7,10-11,14,17H,4-6,8-9H2,1-3H3. The zero-order valence-corrected chi connectivity index (χ0v) is 11.7. The summed E-state index contributed by atoms with van der Waals surface area (Å²) in [5, 5.41) is 3.61. The van der Waals surface area contributed by atoms with Crippen LogP contribution in [0.15, 0.2) is 18.5 Å². The highest BCUT2D eigenvalue weighted by atomic mass is 16.5. The molecule has 0 aromatic carbocycles. The van der Waals surface area contributed by atoms with Crippen molar-refractivity contribution in [2.75, 3.05) is 13.7 Å². The van der Waals surface area contributed by atoms with Gasteiger partial charge in [0.15, 0.2) is 0 Å². The van der Waals surface area contributed by atoms with Crippen LogP contribution in [0.4, 0.5) is 0 Å². The first kappa shape index (κ1) is 13.5. The zero-order valence-electron chi connectivity index (χ0n) is 11.7. The molecule has 3 nitrogen and oxygen atoms in total. The Kier molecular flexibility index (Phi) is 4.36. The smallest absolute Gasteiger partial charge is 0.0873 e. The molecular formula is C15H24N2O. The van der Waals surface area contributed by atoms with Crippen LogP contribution in [0, 0.1) is 6.92 Å². The van der Waals surface area contributed by atoms with Gasteiger partial charge in [0.2, 0.25) is 0 Å². The largest absolute Gasteiger partial charge is 0.376 e. The molecule has 0 radical (unpaired) electrons. The first-order valence-corrected chi connectivity index (χ1v) is 6.92. The van der Waals surface area contributed by atoms with Crippen LogP contribution in [-0.2, 0) is 4.74 Å². The predicted molar refractivity (Wildman–Crippen MR) is 73.6 cm³/mol. The molecule has 1 unspecified atom stereocenters. The van der Waals surface area contributed by atoms with Gasteiger partial charge in [-0.3, -0.25) is 4.98 Å². The second kappa shape index (κ2) is 5.81. The Morgan fingerprint density at radius 1 is 1.44 bits per heavy atom. The Morgan fingerprint density at radius 3 is 2.72 bits per heavy atom. The molecule has 3 heteroatoms. The molecule has 0 aliphatic heterocycles. The minimum absolute atomic E-state index is 0.0518. The molecule has 1 saturated carbocycles. The molecule has 1 aliphatic rings. The third-order valence-electron chi connectivity index (χ3n) is 4.18. The summed E-state index contributed by atoms with van der Waals surface area (Å²) < 4.78 is 5.93. The van der Waals surface area contributed by atoms with Gasteiger partial charge in [0.05, 0.1) is 11.6 Å². The Hall–Kier alpha value is -0.930. The van der Waals surface area contributed by atoms with Crippen molar-refractivity contribution in [1.29, 1.82) is 0 Å². The van der Waals surface area contributed by atoms with Gasteiger partial charge in [0.1, 0.15) is 0 Å². The monoisotopic (exact) mass is 248 g/mol. The van der Waals surface area contributed by atoms with Gasteiger partial charge >= 0.3 is 0 Å². The van der Waals surface area contributed by atoms with E-state index in [1.807, 2.05) is 19.5 Å². The van der Waals surface area contributed by atoms with E-state index in [0.29, 0.717) is 0 Å². The van der Waals surface area contributed by atoms with Gasteiger partial charge in [-0.05, 0) is 43.5 Å². The number of hydrogen-bond donors (Lipinski definition) is 1. The predicted octanol–water partition coefficient (Wildman–Crippen LogP) is 3.00. The maximum absolute atomic E-state index is 5.93. The molecule has 18 heavy (non-hydrogen) atoms. The van der Waals surface area contributed by atoms with E-state index in [4.69, 9.17) is 4.74 Å². The normalized spacial score (nSPS) is 19.9. The summed E-state index contributed by atoms with van der Waals surface area (Å²) in [5.74, 6) is 0. The Morgan fingerprint density at radius 2 is 2.17 bits per heavy atom. The molecule has 1 N–H and O–H groups in total. The molecule has 2 rings (SSSR count). The van der Waals surface area contributed by atoms with E-state index in [9.17, 15) is 0 Å². The lowest BCUT2D eigenvalue weighted by Gasteiger charge is -2.37. The fourth-order valence-electron chi connectivity index (χ4n) is 3.15. The Bertz CT molecular complexity index is 386. The summed E-state index contributed by atoms with van der Waals surface area (Å²) in [5.41, 5.74) is 2.52. The second-order valence-corrected chi connectivity index (χ2v) is 5.20. The van der Waals surface area contributed by atoms with E-state index in [-0.39, 0.29) is 11.6 Å². The highest BCUT2D eigenvalue weighted by Crippen LogP contribution is 2.43. The van der Waals surface area contributed by atoms with E-state index < -0.39 is 0 Å². The number of ether oxygens (including phenoxy) is 1. The lowest BCUT2D eigenvalue weighted by molar-refractivity contribution is -0.0366. The minimum atomic E-state index is -0.0518. The number of rotatable bonds is 5. The van der Waals surface area contributed by atoms with Crippen molar-refractivity contribution in [2.45, 2.75) is 51.2 Å². The van der Waals surface area contributed by atoms with Crippen molar-refractivity contribution >= 4 is 0 Å². The summed E-state index contributed by atoms with van der Waals surface area (Å²) in [6.07, 6.45) is 8.63. The van der Waals surface area contributed by atoms with Crippen LogP contribution in [0.2, 0.25) is 0 Å². The number of aryl methyl sites for hydroxylation is 1. The van der Waals surface area contributed by atoms with Crippen LogP contribution < -0.4 is 5.32 Å². The zero-order chi connectivity index (χ0) is 13.0. The first-order valence-electron chi connectivity index (χ1n) is 6.92. The first-order chi connectivity index (χ1) is 8.73. The highest BCUT2D eigenvalue weighted by molar-refractivity contribution is 5.28. The molecule has 1 fully saturated rings. The van der Waals surface area contributed by atoms with E-state index in [1.54, 1.807) is 0 Å². The average molecular weight is 248 g/mol. The van der Waals surface area contributed by atoms with Crippen LogP contribution >= 0.6 is 0 Å². The van der Waals surface area contributed by atoms with Gasteiger partial charge in [0, 0.05) is 19.5 Å². The second-order valence-electron chi connectivity index (χ2n) is 5.20. The van der Waals surface area contributed by atoms with Gasteiger partial charge in [-0.15, -0.1) is 0 Å². The van der Waals surface area contributed by atoms with E-state index in [1.165, 1.54) is 24.0 Å². The van der Waals surface area contributed by atoms with Gasteiger partial charge in [-0.1, -0.05) is 19.8 Å². The summed E-state index contributed by atoms with van der Waals surface area (Å²) in [6.45, 7) is 5.25. The number of pyridine rings is 1. The van der Waals surface area contributed by atoms with Gasteiger partial charge in [0.25, 0.3) is 0 Å². The SMILES string of the molecule is CCNC(c1cnccc1C)C1(OC)CCCC1. The molecule has 1 aliphatic carbocycles. The molecule has 0 bridgehead atoms. The quantitative estimate of drug-likeness (QED) is 0.869. The van der Waals surface area contributed by atoms with Gasteiger partial charge < -0.3 is 10.1 Å². The third kappa shape index (κ3) is 2.43. The van der Waals surface area contributed by atoms with E-state index in [2.05, 4.69) is 30.2 Å². The third-order valence-corrected chi connectivity index (χ3v) is 4.18. The van der Waals surface area contributed by atoms with Crippen molar-refractivity contribution in [2.24, 2.45) is 0 Å². The minimum Gasteiger partial charge on any atom is -0.376 e. The molecule has 100 valence electrons. The van der Waals surface area contributed by atoms with E-state index in [0.717, 1.165) is 19.4 Å². The Labute approximate surface area is 110 Å². The molecular weight excluding hydrogens is 224 g/mol. The number of hydrogen-bond acceptors (Lipinski definition) is 3. The molecule has 1 atom stereocenters. The van der Waals surface area contributed by atoms with Crippen molar-refractivity contribution in [3.05, 3.63) is 29.6 Å². The van der Waals surface area contributed by atoms with Crippen LogP contribution in [-0.4, -0.2) is 24.2 Å². The average Bonchev–Trinajstić information content (AvgIpc) is 2.87. The highest BCUT2D eigenvalue weighted by Gasteiger charge is 2.42. The lowest BCUT2D eigenvalue weighted by atomic mass is 9.85. The molecule has 0 amide bonds. The van der Waals surface area contributed by atoms with Gasteiger partial charge in [-0.2, -0.15) is 0 Å². The number of nitrogens with zero attached hydrogens (tertiary/aromatic N) is 1. The maximum atomic E-state index is 5.93. The summed E-state index contributed by atoms with van der Waals surface area (Å²) >= 11 is 0. The molecule has 1 heterocycles. The summed E-state index contributed by atoms with van der Waals surface area (Å²) in [7, 11) is 1.85. The van der Waals surface area contributed by atoms with Crippen molar-refractivity contribution in [3.8, 4) is 0 Å². The number of likely N-dealkylation sites (N-methyl/N-ethyl adjacent to an activating group) is 1. The number of aromatic nitrogens is 1. The van der Waals surface area contributed by atoms with Crippen LogP contribution in [0.25, 0.3) is 0 Å². The van der Waals surface area contributed by atoms with Crippen molar-refractivity contribution in [1.82, 2.24) is 10.3 Å². The van der Waals surface area contributed by atoms with Gasteiger partial charge in [-0.25, -0.2) is 0 Å². The lowest BCUT2D eigenvalue weighted by Crippen LogP contribution is -2.44. The van der Waals surface area contributed by atoms with Crippen molar-refractivity contribution in [3.63, 3.8) is 0 Å². The molecule has 0 spiro atoms. The van der Waals surface area contributed by atoms with Crippen LogP contribution in [0.3, 0.4) is 0 Å². The summed E-state index contributed by atoms with van der Waals surface area (Å²) in [4.78, 5) is 4.29. The fraction of sp³-hybridized carbons (Fsp3) is 0.667. The molecule has 0 saturated heterocycles. The molecule has 1 aromatic rings. The Balaban J connectivity index is 2.36. The topological polar surface area (TPSA) is 34.2 Å². The van der Waals surface area contributed by atoms with Crippen LogP contribution in [0.1, 0.15) is 49.8 Å². The van der Waals surface area contributed by atoms with Crippen LogP contribution in [0.5, 0.6) is 0 Å². The number of methoxy groups -OCH3 is 1. The van der Waals surface area contributed by atoms with Crippen molar-refractivity contribution < 1.29 is 4.74 Å². The summed E-state index contributed by atoms with van der Waals surface area (Å²) in [6, 6.07) is 2.33.